The number of amides is 2. The maximum absolute atomic E-state index is 12.2. The second-order valence-electron chi connectivity index (χ2n) is 6.23. The summed E-state index contributed by atoms with van der Waals surface area (Å²) in [7, 11) is 0. The normalized spacial score (nSPS) is 26.8. The third-order valence-corrected chi connectivity index (χ3v) is 4.57. The van der Waals surface area contributed by atoms with Gasteiger partial charge in [-0.05, 0) is 57.7 Å². The molecule has 120 valence electrons. The lowest BCUT2D eigenvalue weighted by molar-refractivity contribution is -0.145. The highest BCUT2D eigenvalue weighted by molar-refractivity contribution is 5.83. The lowest BCUT2D eigenvalue weighted by atomic mass is 9.91. The molecule has 0 aromatic carbocycles. The molecular weight excluding hydrogens is 270 g/mol. The number of likely N-dealkylation sites (tertiary alicyclic amines) is 2. The van der Waals surface area contributed by atoms with E-state index in [0.29, 0.717) is 13.1 Å². The van der Waals surface area contributed by atoms with Gasteiger partial charge in [0, 0.05) is 13.1 Å². The molecule has 6 nitrogen and oxygen atoms in total. The van der Waals surface area contributed by atoms with Gasteiger partial charge >= 0.3 is 12.0 Å². The minimum Gasteiger partial charge on any atom is -0.480 e. The Labute approximate surface area is 126 Å². The number of nitrogens with zero attached hydrogens (tertiary/aromatic N) is 2. The number of urea groups is 1. The van der Waals surface area contributed by atoms with Crippen molar-refractivity contribution in [3.05, 3.63) is 0 Å². The number of piperidine rings is 1. The molecule has 0 aromatic rings. The molecule has 2 heterocycles. The van der Waals surface area contributed by atoms with Crippen molar-refractivity contribution in [3.63, 3.8) is 0 Å². The number of aliphatic carboxylic acids is 1. The average Bonchev–Trinajstić information content (AvgIpc) is 2.95. The number of carbonyl (C=O) groups is 2. The zero-order valence-corrected chi connectivity index (χ0v) is 12.9. The number of carboxylic acids is 1. The molecule has 2 atom stereocenters. The van der Waals surface area contributed by atoms with Crippen LogP contribution in [-0.2, 0) is 4.79 Å². The fraction of sp³-hybridized carbons (Fsp3) is 0.867. The summed E-state index contributed by atoms with van der Waals surface area (Å²) in [5.74, 6) is -0.874. The van der Waals surface area contributed by atoms with Crippen molar-refractivity contribution in [2.75, 3.05) is 32.7 Å². The SMILES string of the molecule is CC1CCCN(C(=O)NCCCN2CCCC2)C1C(=O)O. The fourth-order valence-corrected chi connectivity index (χ4v) is 3.40. The summed E-state index contributed by atoms with van der Waals surface area (Å²) in [6.45, 7) is 6.41. The summed E-state index contributed by atoms with van der Waals surface area (Å²) >= 11 is 0. The van der Waals surface area contributed by atoms with Crippen LogP contribution in [0.1, 0.15) is 39.0 Å². The van der Waals surface area contributed by atoms with E-state index in [1.165, 1.54) is 30.8 Å². The van der Waals surface area contributed by atoms with Gasteiger partial charge in [-0.25, -0.2) is 9.59 Å². The Hall–Kier alpha value is -1.30. The molecule has 0 radical (unpaired) electrons. The number of hydrogen-bond acceptors (Lipinski definition) is 3. The molecule has 2 aliphatic heterocycles. The largest absolute Gasteiger partial charge is 0.480 e. The molecule has 0 saturated carbocycles. The van der Waals surface area contributed by atoms with Gasteiger partial charge in [0.15, 0.2) is 0 Å². The summed E-state index contributed by atoms with van der Waals surface area (Å²) in [5, 5.41) is 12.2. The molecule has 0 bridgehead atoms. The summed E-state index contributed by atoms with van der Waals surface area (Å²) in [4.78, 5) is 27.5. The van der Waals surface area contributed by atoms with Gasteiger partial charge in [-0.2, -0.15) is 0 Å². The van der Waals surface area contributed by atoms with Crippen LogP contribution in [0.15, 0.2) is 0 Å². The van der Waals surface area contributed by atoms with Crippen molar-refractivity contribution in [1.29, 1.82) is 0 Å². The average molecular weight is 297 g/mol. The van der Waals surface area contributed by atoms with E-state index in [0.717, 1.165) is 25.8 Å². The number of hydrogen-bond donors (Lipinski definition) is 2. The molecule has 2 aliphatic rings. The van der Waals surface area contributed by atoms with Crippen LogP contribution in [0.25, 0.3) is 0 Å². The van der Waals surface area contributed by atoms with Crippen LogP contribution in [0.2, 0.25) is 0 Å². The highest BCUT2D eigenvalue weighted by atomic mass is 16.4. The van der Waals surface area contributed by atoms with E-state index in [9.17, 15) is 14.7 Å². The van der Waals surface area contributed by atoms with Crippen molar-refractivity contribution in [2.45, 2.75) is 45.1 Å². The molecule has 2 N–H and O–H groups in total. The van der Waals surface area contributed by atoms with Crippen LogP contribution in [0.5, 0.6) is 0 Å². The second kappa shape index (κ2) is 7.64. The van der Waals surface area contributed by atoms with Crippen molar-refractivity contribution in [1.82, 2.24) is 15.1 Å². The Bertz CT molecular complexity index is 369. The zero-order valence-electron chi connectivity index (χ0n) is 12.9. The van der Waals surface area contributed by atoms with Crippen molar-refractivity contribution in [3.8, 4) is 0 Å². The Morgan fingerprint density at radius 1 is 1.19 bits per heavy atom. The van der Waals surface area contributed by atoms with Gasteiger partial charge in [0.1, 0.15) is 6.04 Å². The Balaban J connectivity index is 1.74. The van der Waals surface area contributed by atoms with E-state index in [2.05, 4.69) is 10.2 Å². The molecule has 21 heavy (non-hydrogen) atoms. The zero-order chi connectivity index (χ0) is 15.2. The lowest BCUT2D eigenvalue weighted by Crippen LogP contribution is -2.55. The standard InChI is InChI=1S/C15H27N3O3/c1-12-6-4-11-18(13(12)14(19)20)15(21)16-7-5-10-17-8-2-3-9-17/h12-13H,2-11H2,1H3,(H,16,21)(H,19,20). The van der Waals surface area contributed by atoms with Crippen LogP contribution in [0, 0.1) is 5.92 Å². The van der Waals surface area contributed by atoms with E-state index in [1.54, 1.807) is 0 Å². The van der Waals surface area contributed by atoms with Gasteiger partial charge in [-0.15, -0.1) is 0 Å². The van der Waals surface area contributed by atoms with E-state index >= 15 is 0 Å². The van der Waals surface area contributed by atoms with Crippen LogP contribution in [0.3, 0.4) is 0 Å². The second-order valence-corrected chi connectivity index (χ2v) is 6.23. The molecule has 2 rings (SSSR count). The first kappa shape index (κ1) is 16.1. The summed E-state index contributed by atoms with van der Waals surface area (Å²) in [6.07, 6.45) is 5.23. The van der Waals surface area contributed by atoms with Crippen LogP contribution >= 0.6 is 0 Å². The van der Waals surface area contributed by atoms with Crippen molar-refractivity contribution >= 4 is 12.0 Å². The Morgan fingerprint density at radius 3 is 2.57 bits per heavy atom. The first-order valence-corrected chi connectivity index (χ1v) is 8.09. The van der Waals surface area contributed by atoms with E-state index in [4.69, 9.17) is 0 Å². The minimum atomic E-state index is -0.894. The number of carboxylic acid groups (broad SMARTS) is 1. The summed E-state index contributed by atoms with van der Waals surface area (Å²) < 4.78 is 0. The smallest absolute Gasteiger partial charge is 0.326 e. The summed E-state index contributed by atoms with van der Waals surface area (Å²) in [5.41, 5.74) is 0. The lowest BCUT2D eigenvalue weighted by Gasteiger charge is -2.37. The monoisotopic (exact) mass is 297 g/mol. The predicted molar refractivity (Wildman–Crippen MR) is 80.2 cm³/mol. The minimum absolute atomic E-state index is 0.0200. The maximum Gasteiger partial charge on any atom is 0.326 e. The molecule has 2 fully saturated rings. The maximum atomic E-state index is 12.2. The fourth-order valence-electron chi connectivity index (χ4n) is 3.40. The molecule has 0 aromatic heterocycles. The van der Waals surface area contributed by atoms with Gasteiger partial charge in [-0.3, -0.25) is 0 Å². The summed E-state index contributed by atoms with van der Waals surface area (Å²) in [6, 6.07) is -0.910. The van der Waals surface area contributed by atoms with Crippen LogP contribution in [-0.4, -0.2) is 65.7 Å². The van der Waals surface area contributed by atoms with E-state index in [-0.39, 0.29) is 11.9 Å². The third-order valence-electron chi connectivity index (χ3n) is 4.57. The third kappa shape index (κ3) is 4.33. The van der Waals surface area contributed by atoms with Gasteiger partial charge in [0.25, 0.3) is 0 Å². The van der Waals surface area contributed by atoms with Gasteiger partial charge in [0.2, 0.25) is 0 Å². The highest BCUT2D eigenvalue weighted by Crippen LogP contribution is 2.23. The molecule has 2 unspecified atom stereocenters. The van der Waals surface area contributed by atoms with Crippen molar-refractivity contribution < 1.29 is 14.7 Å². The van der Waals surface area contributed by atoms with Crippen LogP contribution in [0.4, 0.5) is 4.79 Å². The highest BCUT2D eigenvalue weighted by Gasteiger charge is 2.36. The quantitative estimate of drug-likeness (QED) is 0.752. The number of rotatable bonds is 5. The molecule has 2 amide bonds. The predicted octanol–water partition coefficient (Wildman–Crippen LogP) is 1.37. The molecule has 2 saturated heterocycles. The number of nitrogens with one attached hydrogen (secondary N) is 1. The Morgan fingerprint density at radius 2 is 1.90 bits per heavy atom. The first-order chi connectivity index (χ1) is 10.1. The number of carbonyl (C=O) groups excluding carboxylic acids is 1. The first-order valence-electron chi connectivity index (χ1n) is 8.09. The molecule has 0 aliphatic carbocycles. The molecule has 6 heteroatoms. The van der Waals surface area contributed by atoms with Gasteiger partial charge in [0.05, 0.1) is 0 Å². The van der Waals surface area contributed by atoms with E-state index < -0.39 is 12.0 Å². The van der Waals surface area contributed by atoms with Gasteiger partial charge < -0.3 is 20.2 Å². The Kier molecular flexibility index (Phi) is 5.85. The van der Waals surface area contributed by atoms with Crippen LogP contribution < -0.4 is 5.32 Å². The van der Waals surface area contributed by atoms with E-state index in [1.807, 2.05) is 6.92 Å². The van der Waals surface area contributed by atoms with Crippen molar-refractivity contribution in [2.24, 2.45) is 5.92 Å². The topological polar surface area (TPSA) is 72.9 Å². The molecule has 0 spiro atoms. The van der Waals surface area contributed by atoms with Gasteiger partial charge in [-0.1, -0.05) is 6.92 Å². The molecular formula is C15H27N3O3.